The Morgan fingerprint density at radius 2 is 2.13 bits per heavy atom. The van der Waals surface area contributed by atoms with Gasteiger partial charge in [-0.05, 0) is 6.07 Å². The van der Waals surface area contributed by atoms with Gasteiger partial charge in [-0.2, -0.15) is 0 Å². The number of fused-ring (bicyclic) bond motifs is 1. The molecule has 0 bridgehead atoms. The molecular weight excluding hydrogens is 316 g/mol. The Morgan fingerprint density at radius 3 is 2.87 bits per heavy atom. The fourth-order valence-corrected chi connectivity index (χ4v) is 4.12. The van der Waals surface area contributed by atoms with Gasteiger partial charge in [-0.1, -0.05) is 6.92 Å². The first-order chi connectivity index (χ1) is 11.1. The maximum absolute atomic E-state index is 11.6. The maximum atomic E-state index is 11.6. The molecule has 3 rings (SSSR count). The second-order valence-electron chi connectivity index (χ2n) is 6.24. The predicted molar refractivity (Wildman–Crippen MR) is 88.0 cm³/mol. The van der Waals surface area contributed by atoms with Crippen molar-refractivity contribution in [3.05, 3.63) is 18.5 Å². The molecule has 2 aliphatic rings. The van der Waals surface area contributed by atoms with E-state index in [0.29, 0.717) is 24.3 Å². The Hall–Kier alpha value is -1.25. The molecule has 0 radical (unpaired) electrons. The van der Waals surface area contributed by atoms with Gasteiger partial charge in [-0.15, -0.1) is 0 Å². The Labute approximate surface area is 137 Å². The molecule has 7 nitrogen and oxygen atoms in total. The molecule has 0 spiro atoms. The SMILES string of the molecule is CCS(=O)(=O)CCN1C[C@@H]2[C@@H](CNc3ncccn3)CO[C@@H]2C1. The van der Waals surface area contributed by atoms with Gasteiger partial charge in [0.25, 0.3) is 0 Å². The van der Waals surface area contributed by atoms with E-state index in [9.17, 15) is 8.42 Å². The molecule has 2 fully saturated rings. The number of sulfone groups is 1. The zero-order chi connectivity index (χ0) is 16.3. The largest absolute Gasteiger partial charge is 0.376 e. The predicted octanol–water partition coefficient (Wildman–Crippen LogP) is 0.270. The molecule has 0 aromatic carbocycles. The van der Waals surface area contributed by atoms with Gasteiger partial charge in [0.2, 0.25) is 5.95 Å². The van der Waals surface area contributed by atoms with Crippen LogP contribution in [0.3, 0.4) is 0 Å². The number of rotatable bonds is 7. The molecule has 8 heteroatoms. The second-order valence-corrected chi connectivity index (χ2v) is 8.72. The van der Waals surface area contributed by atoms with E-state index < -0.39 is 9.84 Å². The lowest BCUT2D eigenvalue weighted by molar-refractivity contribution is 0.0965. The van der Waals surface area contributed by atoms with Crippen LogP contribution in [-0.2, 0) is 14.6 Å². The fraction of sp³-hybridized carbons (Fsp3) is 0.733. The number of likely N-dealkylation sites (tertiary alicyclic amines) is 1. The van der Waals surface area contributed by atoms with Crippen LogP contribution in [0.25, 0.3) is 0 Å². The zero-order valence-electron chi connectivity index (χ0n) is 13.4. The fourth-order valence-electron chi connectivity index (χ4n) is 3.30. The molecule has 3 atom stereocenters. The van der Waals surface area contributed by atoms with Crippen LogP contribution in [0.1, 0.15) is 6.92 Å². The summed E-state index contributed by atoms with van der Waals surface area (Å²) in [5.74, 6) is 1.96. The average molecular weight is 340 g/mol. The van der Waals surface area contributed by atoms with Gasteiger partial charge in [-0.25, -0.2) is 18.4 Å². The van der Waals surface area contributed by atoms with Crippen molar-refractivity contribution in [2.75, 3.05) is 49.6 Å². The van der Waals surface area contributed by atoms with E-state index in [0.717, 1.165) is 26.2 Å². The van der Waals surface area contributed by atoms with E-state index in [2.05, 4.69) is 20.2 Å². The van der Waals surface area contributed by atoms with E-state index in [4.69, 9.17) is 4.74 Å². The summed E-state index contributed by atoms with van der Waals surface area (Å²) in [4.78, 5) is 10.5. The summed E-state index contributed by atoms with van der Waals surface area (Å²) in [5, 5.41) is 3.26. The summed E-state index contributed by atoms with van der Waals surface area (Å²) < 4.78 is 29.2. The molecule has 3 heterocycles. The third-order valence-corrected chi connectivity index (χ3v) is 6.45. The number of nitrogens with zero attached hydrogens (tertiary/aromatic N) is 3. The van der Waals surface area contributed by atoms with Gasteiger partial charge in [0, 0.05) is 56.2 Å². The lowest BCUT2D eigenvalue weighted by Gasteiger charge is -2.19. The highest BCUT2D eigenvalue weighted by atomic mass is 32.2. The highest BCUT2D eigenvalue weighted by Crippen LogP contribution is 2.33. The summed E-state index contributed by atoms with van der Waals surface area (Å²) in [6, 6.07) is 1.79. The van der Waals surface area contributed by atoms with Gasteiger partial charge in [0.05, 0.1) is 18.5 Å². The van der Waals surface area contributed by atoms with Crippen molar-refractivity contribution in [2.45, 2.75) is 13.0 Å². The number of aromatic nitrogens is 2. The van der Waals surface area contributed by atoms with E-state index in [1.54, 1.807) is 25.4 Å². The molecule has 2 aliphatic heterocycles. The topological polar surface area (TPSA) is 84.4 Å². The van der Waals surface area contributed by atoms with Crippen LogP contribution in [0.2, 0.25) is 0 Å². The van der Waals surface area contributed by atoms with Crippen LogP contribution < -0.4 is 5.32 Å². The summed E-state index contributed by atoms with van der Waals surface area (Å²) in [5.41, 5.74) is 0. The minimum Gasteiger partial charge on any atom is -0.376 e. The molecule has 1 aromatic heterocycles. The minimum absolute atomic E-state index is 0.216. The first kappa shape index (κ1) is 16.6. The molecule has 0 saturated carbocycles. The molecule has 0 unspecified atom stereocenters. The molecule has 0 aliphatic carbocycles. The van der Waals surface area contributed by atoms with Crippen LogP contribution in [0.4, 0.5) is 5.95 Å². The van der Waals surface area contributed by atoms with Crippen molar-refractivity contribution >= 4 is 15.8 Å². The van der Waals surface area contributed by atoms with Crippen molar-refractivity contribution in [1.29, 1.82) is 0 Å². The number of hydrogen-bond acceptors (Lipinski definition) is 7. The van der Waals surface area contributed by atoms with Gasteiger partial charge < -0.3 is 10.1 Å². The van der Waals surface area contributed by atoms with Crippen molar-refractivity contribution in [1.82, 2.24) is 14.9 Å². The molecule has 1 N–H and O–H groups in total. The molecule has 1 aromatic rings. The maximum Gasteiger partial charge on any atom is 0.222 e. The summed E-state index contributed by atoms with van der Waals surface area (Å²) in [7, 11) is -2.90. The number of nitrogens with one attached hydrogen (secondary N) is 1. The van der Waals surface area contributed by atoms with E-state index in [-0.39, 0.29) is 17.6 Å². The van der Waals surface area contributed by atoms with Crippen molar-refractivity contribution in [3.63, 3.8) is 0 Å². The van der Waals surface area contributed by atoms with Crippen LogP contribution in [0.15, 0.2) is 18.5 Å². The Morgan fingerprint density at radius 1 is 1.35 bits per heavy atom. The lowest BCUT2D eigenvalue weighted by Crippen LogP contribution is -2.31. The smallest absolute Gasteiger partial charge is 0.222 e. The van der Waals surface area contributed by atoms with Crippen LogP contribution >= 0.6 is 0 Å². The molecule has 128 valence electrons. The van der Waals surface area contributed by atoms with Crippen LogP contribution in [0.5, 0.6) is 0 Å². The monoisotopic (exact) mass is 340 g/mol. The van der Waals surface area contributed by atoms with Crippen LogP contribution in [-0.4, -0.2) is 73.7 Å². The molecule has 23 heavy (non-hydrogen) atoms. The van der Waals surface area contributed by atoms with Gasteiger partial charge >= 0.3 is 0 Å². The van der Waals surface area contributed by atoms with Gasteiger partial charge in [-0.3, -0.25) is 4.90 Å². The van der Waals surface area contributed by atoms with E-state index in [1.165, 1.54) is 0 Å². The lowest BCUT2D eigenvalue weighted by atomic mass is 9.93. The van der Waals surface area contributed by atoms with Gasteiger partial charge in [0.15, 0.2) is 9.84 Å². The van der Waals surface area contributed by atoms with Crippen LogP contribution in [0, 0.1) is 11.8 Å². The van der Waals surface area contributed by atoms with Crippen molar-refractivity contribution < 1.29 is 13.2 Å². The van der Waals surface area contributed by atoms with Crippen molar-refractivity contribution in [3.8, 4) is 0 Å². The number of ether oxygens (including phenoxy) is 1. The van der Waals surface area contributed by atoms with Crippen molar-refractivity contribution in [2.24, 2.45) is 11.8 Å². The molecular formula is C15H24N4O3S. The normalized spacial score (nSPS) is 28.0. The minimum atomic E-state index is -2.90. The first-order valence-corrected chi connectivity index (χ1v) is 9.95. The molecule has 0 amide bonds. The average Bonchev–Trinajstić information content (AvgIpc) is 3.13. The third-order valence-electron chi connectivity index (χ3n) is 4.76. The summed E-state index contributed by atoms with van der Waals surface area (Å²) in [6.07, 6.45) is 3.66. The zero-order valence-corrected chi connectivity index (χ0v) is 14.2. The summed E-state index contributed by atoms with van der Waals surface area (Å²) >= 11 is 0. The highest BCUT2D eigenvalue weighted by molar-refractivity contribution is 7.91. The Balaban J connectivity index is 1.49. The Kier molecular flexibility index (Phi) is 5.13. The highest BCUT2D eigenvalue weighted by Gasteiger charge is 2.43. The molecule has 2 saturated heterocycles. The quantitative estimate of drug-likeness (QED) is 0.762. The Bertz CT molecular complexity index is 610. The summed E-state index contributed by atoms with van der Waals surface area (Å²) in [6.45, 7) is 5.58. The van der Waals surface area contributed by atoms with E-state index in [1.807, 2.05) is 0 Å². The first-order valence-electron chi connectivity index (χ1n) is 8.12. The third kappa shape index (κ3) is 4.19. The van der Waals surface area contributed by atoms with Gasteiger partial charge in [0.1, 0.15) is 0 Å². The second kappa shape index (κ2) is 7.11. The number of hydrogen-bond donors (Lipinski definition) is 1. The number of anilines is 1. The van der Waals surface area contributed by atoms with E-state index >= 15 is 0 Å². The standard InChI is InChI=1S/C15H24N4O3S/c1-2-23(20,21)7-6-19-9-13-12(11-22-14(13)10-19)8-18-15-16-4-3-5-17-15/h3-5,12-14H,2,6-11H2,1H3,(H,16,17,18)/t12-,13+,14+/m0/s1.